The number of aryl methyl sites for hydroxylation is 1. The van der Waals surface area contributed by atoms with E-state index in [0.29, 0.717) is 24.1 Å². The number of pyridine rings is 1. The fourth-order valence-corrected chi connectivity index (χ4v) is 6.72. The van der Waals surface area contributed by atoms with E-state index in [0.717, 1.165) is 4.90 Å². The lowest BCUT2D eigenvalue weighted by Gasteiger charge is -2.41. The van der Waals surface area contributed by atoms with Crippen LogP contribution in [0.25, 0.3) is 0 Å². The normalized spacial score (nSPS) is 25.8. The van der Waals surface area contributed by atoms with Gasteiger partial charge >= 0.3 is 10.2 Å². The van der Waals surface area contributed by atoms with Crippen LogP contribution >= 0.6 is 10.2 Å². The number of rotatable bonds is 7. The molecular formula is C27H28F7N5O2S. The first kappa shape index (κ1) is 29.9. The maximum Gasteiger partial charge on any atom is 0.310 e. The molecule has 2 heterocycles. The van der Waals surface area contributed by atoms with Gasteiger partial charge in [-0.05, 0) is 74.4 Å². The molecule has 7 nitrogen and oxygen atoms in total. The monoisotopic (exact) mass is 619 g/mol. The molecule has 3 fully saturated rings. The summed E-state index contributed by atoms with van der Waals surface area (Å²) in [6.45, 7) is 1.87. The van der Waals surface area contributed by atoms with Gasteiger partial charge in [0, 0.05) is 49.1 Å². The summed E-state index contributed by atoms with van der Waals surface area (Å²) in [6, 6.07) is 1.02. The van der Waals surface area contributed by atoms with Gasteiger partial charge in [-0.15, -0.1) is 0 Å². The second-order valence-electron chi connectivity index (χ2n) is 11.3. The first-order valence-electron chi connectivity index (χ1n) is 13.3. The number of nitrogens with one attached hydrogen (secondary N) is 1. The largest absolute Gasteiger partial charge is 0.351 e. The molecule has 1 saturated heterocycles. The zero-order chi connectivity index (χ0) is 30.8. The van der Waals surface area contributed by atoms with Crippen molar-refractivity contribution in [3.63, 3.8) is 0 Å². The second-order valence-corrected chi connectivity index (χ2v) is 13.7. The Labute approximate surface area is 237 Å². The Morgan fingerprint density at radius 3 is 2.29 bits per heavy atom. The number of anilines is 1. The highest BCUT2D eigenvalue weighted by atomic mass is 32.5. The Balaban J connectivity index is 1.61. The molecule has 1 N–H and O–H groups in total. The fourth-order valence-electron chi connectivity index (χ4n) is 6.07. The smallest absolute Gasteiger partial charge is 0.310 e. The van der Waals surface area contributed by atoms with Crippen LogP contribution < -0.4 is 10.2 Å². The molecule has 0 bridgehead atoms. The van der Waals surface area contributed by atoms with E-state index >= 15 is 0 Å². The summed E-state index contributed by atoms with van der Waals surface area (Å²) in [5, 5.41) is 12.4. The molecule has 1 aliphatic heterocycles. The van der Waals surface area contributed by atoms with Crippen molar-refractivity contribution in [3.8, 4) is 6.19 Å². The number of aromatic nitrogens is 1. The molecule has 2 amide bonds. The number of hydrogen-bond donors (Lipinski definition) is 1. The number of piperidine rings is 1. The SMILES string of the molecule is Cc1ccncc1C(C(=O)NC1CCC(F)(F)CC1)N(C(=O)[C@@]12C[C@@H]1CCN2C#N)c1ccc(S(F)(F)(F)(F)F)cc1. The summed E-state index contributed by atoms with van der Waals surface area (Å²) < 4.78 is 95.1. The summed E-state index contributed by atoms with van der Waals surface area (Å²) in [7, 11) is -10.1. The van der Waals surface area contributed by atoms with Crippen LogP contribution in [0.15, 0.2) is 47.6 Å². The van der Waals surface area contributed by atoms with Crippen molar-refractivity contribution in [2.75, 3.05) is 11.4 Å². The van der Waals surface area contributed by atoms with E-state index in [-0.39, 0.29) is 55.1 Å². The topological polar surface area (TPSA) is 89.3 Å². The van der Waals surface area contributed by atoms with Gasteiger partial charge in [0.05, 0.1) is 0 Å². The van der Waals surface area contributed by atoms with Crippen molar-refractivity contribution in [1.29, 1.82) is 5.26 Å². The predicted octanol–water partition coefficient (Wildman–Crippen LogP) is 6.76. The van der Waals surface area contributed by atoms with Gasteiger partial charge in [0.2, 0.25) is 11.8 Å². The third kappa shape index (κ3) is 5.48. The van der Waals surface area contributed by atoms with E-state index in [9.17, 15) is 43.1 Å². The van der Waals surface area contributed by atoms with Crippen LogP contribution in [0.2, 0.25) is 0 Å². The number of hydrogen-bond acceptors (Lipinski definition) is 5. The Hall–Kier alpha value is -3.54. The molecule has 228 valence electrons. The molecule has 0 spiro atoms. The summed E-state index contributed by atoms with van der Waals surface area (Å²) in [6.07, 6.45) is 4.45. The van der Waals surface area contributed by atoms with Gasteiger partial charge in [-0.1, -0.05) is 19.4 Å². The Morgan fingerprint density at radius 2 is 1.74 bits per heavy atom. The highest BCUT2D eigenvalue weighted by molar-refractivity contribution is 8.45. The first-order chi connectivity index (χ1) is 19.4. The lowest BCUT2D eigenvalue weighted by molar-refractivity contribution is -0.130. The molecule has 3 atom stereocenters. The highest BCUT2D eigenvalue weighted by Gasteiger charge is 2.69. The van der Waals surface area contributed by atoms with Gasteiger partial charge in [-0.25, -0.2) is 8.78 Å². The van der Waals surface area contributed by atoms with E-state index < -0.39 is 63.3 Å². The molecule has 2 saturated carbocycles. The lowest BCUT2D eigenvalue weighted by atomic mass is 9.91. The van der Waals surface area contributed by atoms with Crippen LogP contribution in [0, 0.1) is 24.3 Å². The molecule has 2 aromatic rings. The minimum atomic E-state index is -10.1. The van der Waals surface area contributed by atoms with E-state index in [2.05, 4.69) is 10.3 Å². The van der Waals surface area contributed by atoms with Crippen LogP contribution in [-0.2, 0) is 9.59 Å². The lowest BCUT2D eigenvalue weighted by Crippen LogP contribution is -2.54. The van der Waals surface area contributed by atoms with Crippen LogP contribution in [0.4, 0.5) is 33.9 Å². The van der Waals surface area contributed by atoms with Gasteiger partial charge in [-0.3, -0.25) is 24.4 Å². The van der Waals surface area contributed by atoms with Gasteiger partial charge in [0.1, 0.15) is 16.5 Å². The van der Waals surface area contributed by atoms with Crippen LogP contribution in [-0.4, -0.2) is 45.7 Å². The summed E-state index contributed by atoms with van der Waals surface area (Å²) in [5.74, 6) is -4.70. The summed E-state index contributed by atoms with van der Waals surface area (Å²) >= 11 is 0. The molecular weight excluding hydrogens is 591 g/mol. The number of halogens is 7. The molecule has 1 aromatic carbocycles. The molecule has 1 unspecified atom stereocenters. The number of fused-ring (bicyclic) bond motifs is 1. The van der Waals surface area contributed by atoms with E-state index in [1.165, 1.54) is 17.3 Å². The standard InChI is InChI=1S/C27H28F7N5O2S/c1-17-8-12-36-15-22(17)23(24(40)37-19-6-10-26(28,29)11-7-19)39(25(41)27-14-18(27)9-13-38(27)16-35)20-2-4-21(5-3-20)42(30,31,32,33)34/h2-5,8,12,15,18-19,23H,6-7,9-11,13-14H2,1H3,(H,37,40)/t18-,23?,27+/m0/s1. The molecule has 5 rings (SSSR count). The molecule has 15 heteroatoms. The quantitative estimate of drug-likeness (QED) is 0.273. The predicted molar refractivity (Wildman–Crippen MR) is 140 cm³/mol. The Bertz CT molecular complexity index is 1460. The van der Waals surface area contributed by atoms with Crippen molar-refractivity contribution in [2.45, 2.75) is 73.9 Å². The van der Waals surface area contributed by atoms with E-state index in [1.54, 1.807) is 13.0 Å². The number of carbonyl (C=O) groups is 2. The first-order valence-corrected chi connectivity index (χ1v) is 15.3. The zero-order valence-corrected chi connectivity index (χ0v) is 23.2. The van der Waals surface area contributed by atoms with Gasteiger partial charge in [0.15, 0.2) is 6.19 Å². The van der Waals surface area contributed by atoms with E-state index in [1.807, 2.05) is 6.19 Å². The molecule has 0 radical (unpaired) electrons. The fraction of sp³-hybridized carbons (Fsp3) is 0.481. The third-order valence-corrected chi connectivity index (χ3v) is 9.63. The van der Waals surface area contributed by atoms with Crippen molar-refractivity contribution in [1.82, 2.24) is 15.2 Å². The van der Waals surface area contributed by atoms with Crippen LogP contribution in [0.1, 0.15) is 55.7 Å². The summed E-state index contributed by atoms with van der Waals surface area (Å²) in [5.41, 5.74) is -0.963. The van der Waals surface area contributed by atoms with Crippen molar-refractivity contribution < 1.29 is 37.8 Å². The Kier molecular flexibility index (Phi) is 6.58. The number of carbonyl (C=O) groups excluding carboxylic acids is 2. The number of alkyl halides is 2. The minimum Gasteiger partial charge on any atom is -0.351 e. The number of benzene rings is 1. The van der Waals surface area contributed by atoms with Crippen molar-refractivity contribution in [2.24, 2.45) is 5.92 Å². The third-order valence-electron chi connectivity index (χ3n) is 8.47. The van der Waals surface area contributed by atoms with Crippen molar-refractivity contribution in [3.05, 3.63) is 53.9 Å². The molecule has 3 aliphatic rings. The molecule has 2 aliphatic carbocycles. The number of likely N-dealkylation sites (tertiary alicyclic amines) is 1. The van der Waals surface area contributed by atoms with Crippen molar-refractivity contribution >= 4 is 27.7 Å². The second kappa shape index (κ2) is 9.23. The number of amides is 2. The van der Waals surface area contributed by atoms with Crippen LogP contribution in [0.5, 0.6) is 0 Å². The Morgan fingerprint density at radius 1 is 1.10 bits per heavy atom. The summed E-state index contributed by atoms with van der Waals surface area (Å²) in [4.78, 5) is 32.4. The van der Waals surface area contributed by atoms with Crippen LogP contribution in [0.3, 0.4) is 0 Å². The van der Waals surface area contributed by atoms with Gasteiger partial charge < -0.3 is 5.32 Å². The zero-order valence-electron chi connectivity index (χ0n) is 22.4. The number of nitrogens with zero attached hydrogens (tertiary/aromatic N) is 4. The maximum absolute atomic E-state index is 14.4. The molecule has 42 heavy (non-hydrogen) atoms. The highest BCUT2D eigenvalue weighted by Crippen LogP contribution is 3.02. The average molecular weight is 620 g/mol. The van der Waals surface area contributed by atoms with Gasteiger partial charge in [-0.2, -0.15) is 5.26 Å². The molecule has 1 aromatic heterocycles. The minimum absolute atomic E-state index is 0.0434. The average Bonchev–Trinajstić information content (AvgIpc) is 3.52. The maximum atomic E-state index is 14.4. The van der Waals surface area contributed by atoms with E-state index in [4.69, 9.17) is 0 Å². The van der Waals surface area contributed by atoms with Gasteiger partial charge in [0.25, 0.3) is 5.91 Å². The number of nitriles is 1.